The number of nitrogens with one attached hydrogen (secondary N) is 1. The number of hydrogen-bond donors (Lipinski definition) is 1. The van der Waals surface area contributed by atoms with Gasteiger partial charge in [0.2, 0.25) is 0 Å². The number of Topliss-reactive ketones (excluding diaryl/α,β-unsaturated/α-hetero) is 1. The molecule has 1 N–H and O–H groups in total. The second kappa shape index (κ2) is 6.48. The summed E-state index contributed by atoms with van der Waals surface area (Å²) in [5.41, 5.74) is 2.08. The van der Waals surface area contributed by atoms with Gasteiger partial charge in [0.15, 0.2) is 0 Å². The molecule has 0 fully saturated rings. The van der Waals surface area contributed by atoms with E-state index in [-0.39, 0.29) is 5.78 Å². The summed E-state index contributed by atoms with van der Waals surface area (Å²) in [6.07, 6.45) is 0.995. The molecule has 0 amide bonds. The molecule has 0 saturated carbocycles. The van der Waals surface area contributed by atoms with Gasteiger partial charge in [-0.15, -0.1) is 0 Å². The van der Waals surface area contributed by atoms with Gasteiger partial charge in [0.1, 0.15) is 11.6 Å². The molecule has 0 spiro atoms. The second-order valence-electron chi connectivity index (χ2n) is 4.58. The van der Waals surface area contributed by atoms with E-state index in [0.717, 1.165) is 36.5 Å². The maximum absolute atomic E-state index is 11.9. The van der Waals surface area contributed by atoms with E-state index in [1.165, 1.54) is 0 Å². The van der Waals surface area contributed by atoms with Crippen molar-refractivity contribution >= 4 is 16.8 Å². The maximum Gasteiger partial charge on any atom is 0.141 e. The van der Waals surface area contributed by atoms with Crippen molar-refractivity contribution in [2.24, 2.45) is 0 Å². The number of ketones is 1. The van der Waals surface area contributed by atoms with Crippen molar-refractivity contribution in [1.29, 1.82) is 0 Å². The molecule has 102 valence electrons. The Morgan fingerprint density at radius 1 is 1.32 bits per heavy atom. The lowest BCUT2D eigenvalue weighted by Gasteiger charge is -2.05. The third-order valence-corrected chi connectivity index (χ3v) is 3.24. The van der Waals surface area contributed by atoms with Crippen LogP contribution in [0.5, 0.6) is 0 Å². The van der Waals surface area contributed by atoms with Gasteiger partial charge in [-0.05, 0) is 25.6 Å². The molecule has 1 aromatic heterocycles. The highest BCUT2D eigenvalue weighted by Gasteiger charge is 2.12. The first kappa shape index (κ1) is 13.7. The molecule has 0 aliphatic rings. The largest absolute Gasteiger partial charge is 0.328 e. The number of para-hydroxylation sites is 2. The third kappa shape index (κ3) is 3.20. The van der Waals surface area contributed by atoms with Gasteiger partial charge in [0.25, 0.3) is 0 Å². The Morgan fingerprint density at radius 3 is 2.84 bits per heavy atom. The van der Waals surface area contributed by atoms with Crippen LogP contribution in [0.1, 0.15) is 26.1 Å². The maximum atomic E-state index is 11.9. The van der Waals surface area contributed by atoms with Gasteiger partial charge < -0.3 is 9.88 Å². The Kier molecular flexibility index (Phi) is 4.68. The lowest BCUT2D eigenvalue weighted by molar-refractivity contribution is -0.118. The first-order valence-corrected chi connectivity index (χ1v) is 6.92. The molecular weight excluding hydrogens is 238 g/mol. The first-order chi connectivity index (χ1) is 9.26. The summed E-state index contributed by atoms with van der Waals surface area (Å²) in [5, 5.41) is 3.17. The summed E-state index contributed by atoms with van der Waals surface area (Å²) in [6.45, 7) is 6.63. The van der Waals surface area contributed by atoms with Gasteiger partial charge in [0, 0.05) is 19.5 Å². The molecule has 2 rings (SSSR count). The van der Waals surface area contributed by atoms with Crippen LogP contribution >= 0.6 is 0 Å². The molecule has 0 bridgehead atoms. The van der Waals surface area contributed by atoms with Crippen molar-refractivity contribution in [2.75, 3.05) is 13.1 Å². The highest BCUT2D eigenvalue weighted by atomic mass is 16.1. The van der Waals surface area contributed by atoms with Gasteiger partial charge in [-0.1, -0.05) is 19.1 Å². The molecule has 2 aromatic rings. The Balaban J connectivity index is 2.13. The number of aromatic nitrogens is 2. The van der Waals surface area contributed by atoms with E-state index in [1.807, 2.05) is 25.1 Å². The Bertz CT molecular complexity index is 560. The van der Waals surface area contributed by atoms with Crippen molar-refractivity contribution in [3.05, 3.63) is 30.1 Å². The van der Waals surface area contributed by atoms with Crippen LogP contribution in [0.25, 0.3) is 11.0 Å². The number of aryl methyl sites for hydroxylation is 1. The van der Waals surface area contributed by atoms with Crippen molar-refractivity contribution in [3.63, 3.8) is 0 Å². The van der Waals surface area contributed by atoms with Crippen LogP contribution in [-0.4, -0.2) is 28.4 Å². The van der Waals surface area contributed by atoms with E-state index in [0.29, 0.717) is 12.8 Å². The van der Waals surface area contributed by atoms with Crippen LogP contribution in [-0.2, 0) is 17.8 Å². The topological polar surface area (TPSA) is 46.9 Å². The standard InChI is InChI=1S/C15H21N3O/c1-3-16-10-9-12(19)11-15-17-13-7-5-6-8-14(13)18(15)4-2/h5-8,16H,3-4,9-11H2,1-2H3. The molecule has 0 unspecified atom stereocenters. The Hall–Kier alpha value is -1.68. The molecular formula is C15H21N3O. The van der Waals surface area contributed by atoms with Crippen LogP contribution in [0.2, 0.25) is 0 Å². The number of carbonyl (C=O) groups is 1. The summed E-state index contributed by atoms with van der Waals surface area (Å²) < 4.78 is 2.13. The number of imidazole rings is 1. The monoisotopic (exact) mass is 259 g/mol. The quantitative estimate of drug-likeness (QED) is 0.775. The molecule has 0 saturated heterocycles. The van der Waals surface area contributed by atoms with E-state index in [2.05, 4.69) is 27.9 Å². The number of benzene rings is 1. The van der Waals surface area contributed by atoms with E-state index >= 15 is 0 Å². The van der Waals surface area contributed by atoms with Gasteiger partial charge in [-0.2, -0.15) is 0 Å². The molecule has 4 nitrogen and oxygen atoms in total. The highest BCUT2D eigenvalue weighted by Crippen LogP contribution is 2.16. The van der Waals surface area contributed by atoms with E-state index in [1.54, 1.807) is 0 Å². The summed E-state index contributed by atoms with van der Waals surface area (Å²) in [4.78, 5) is 16.5. The minimum atomic E-state index is 0.242. The van der Waals surface area contributed by atoms with Gasteiger partial charge in [0.05, 0.1) is 17.5 Å². The van der Waals surface area contributed by atoms with Crippen LogP contribution < -0.4 is 5.32 Å². The summed E-state index contributed by atoms with van der Waals surface area (Å²) in [7, 11) is 0. The minimum absolute atomic E-state index is 0.242. The lowest BCUT2D eigenvalue weighted by Crippen LogP contribution is -2.19. The molecule has 19 heavy (non-hydrogen) atoms. The van der Waals surface area contributed by atoms with Crippen LogP contribution in [0.3, 0.4) is 0 Å². The van der Waals surface area contributed by atoms with Crippen LogP contribution in [0, 0.1) is 0 Å². The average molecular weight is 259 g/mol. The van der Waals surface area contributed by atoms with Gasteiger partial charge in [-0.3, -0.25) is 4.79 Å². The zero-order valence-corrected chi connectivity index (χ0v) is 11.6. The fraction of sp³-hybridized carbons (Fsp3) is 0.467. The fourth-order valence-corrected chi connectivity index (χ4v) is 2.28. The molecule has 0 aliphatic heterocycles. The summed E-state index contributed by atoms with van der Waals surface area (Å²) >= 11 is 0. The zero-order chi connectivity index (χ0) is 13.7. The fourth-order valence-electron chi connectivity index (χ4n) is 2.28. The third-order valence-electron chi connectivity index (χ3n) is 3.24. The van der Waals surface area contributed by atoms with Crippen molar-refractivity contribution in [2.45, 2.75) is 33.2 Å². The number of carbonyl (C=O) groups excluding carboxylic acids is 1. The number of nitrogens with zero attached hydrogens (tertiary/aromatic N) is 2. The molecule has 1 heterocycles. The average Bonchev–Trinajstić information content (AvgIpc) is 2.76. The molecule has 0 radical (unpaired) electrons. The smallest absolute Gasteiger partial charge is 0.141 e. The van der Waals surface area contributed by atoms with Gasteiger partial charge >= 0.3 is 0 Å². The first-order valence-electron chi connectivity index (χ1n) is 6.92. The van der Waals surface area contributed by atoms with Crippen molar-refractivity contribution < 1.29 is 4.79 Å². The SMILES string of the molecule is CCNCCC(=O)Cc1nc2ccccc2n1CC. The summed E-state index contributed by atoms with van der Waals surface area (Å²) in [6, 6.07) is 8.03. The van der Waals surface area contributed by atoms with Crippen LogP contribution in [0.15, 0.2) is 24.3 Å². The minimum Gasteiger partial charge on any atom is -0.328 e. The number of fused-ring (bicyclic) bond motifs is 1. The van der Waals surface area contributed by atoms with E-state index in [4.69, 9.17) is 0 Å². The Morgan fingerprint density at radius 2 is 2.11 bits per heavy atom. The molecule has 0 aliphatic carbocycles. The van der Waals surface area contributed by atoms with Crippen molar-refractivity contribution in [3.8, 4) is 0 Å². The van der Waals surface area contributed by atoms with Gasteiger partial charge in [-0.25, -0.2) is 4.98 Å². The highest BCUT2D eigenvalue weighted by molar-refractivity contribution is 5.82. The van der Waals surface area contributed by atoms with E-state index < -0.39 is 0 Å². The van der Waals surface area contributed by atoms with Crippen molar-refractivity contribution in [1.82, 2.24) is 14.9 Å². The Labute approximate surface area is 113 Å². The number of rotatable bonds is 7. The molecule has 0 atom stereocenters. The summed E-state index contributed by atoms with van der Waals surface area (Å²) in [5.74, 6) is 1.12. The zero-order valence-electron chi connectivity index (χ0n) is 11.6. The second-order valence-corrected chi connectivity index (χ2v) is 4.58. The predicted molar refractivity (Wildman–Crippen MR) is 77.3 cm³/mol. The lowest BCUT2D eigenvalue weighted by atomic mass is 10.2. The molecule has 1 aromatic carbocycles. The van der Waals surface area contributed by atoms with E-state index in [9.17, 15) is 4.79 Å². The predicted octanol–water partition coefficient (Wildman–Crippen LogP) is 2.17. The number of hydrogen-bond acceptors (Lipinski definition) is 3. The molecule has 4 heteroatoms. The normalized spacial score (nSPS) is 11.1. The van der Waals surface area contributed by atoms with Crippen LogP contribution in [0.4, 0.5) is 0 Å².